The van der Waals surface area contributed by atoms with Crippen molar-refractivity contribution in [3.05, 3.63) is 65.7 Å². The summed E-state index contributed by atoms with van der Waals surface area (Å²) in [6.45, 7) is 1.49. The number of ketones is 1. The molecular weight excluding hydrogens is 265 g/mol. The van der Waals surface area contributed by atoms with Gasteiger partial charge >= 0.3 is 0 Å². The van der Waals surface area contributed by atoms with Crippen LogP contribution >= 0.6 is 0 Å². The van der Waals surface area contributed by atoms with Crippen LogP contribution in [0, 0.1) is 0 Å². The molecule has 0 amide bonds. The van der Waals surface area contributed by atoms with E-state index >= 15 is 0 Å². The average molecular weight is 283 g/mol. The molecule has 0 saturated carbocycles. The van der Waals surface area contributed by atoms with Crippen LogP contribution in [-0.2, 0) is 0 Å². The normalized spacial score (nSPS) is 16.0. The van der Waals surface area contributed by atoms with Gasteiger partial charge in [-0.1, -0.05) is 30.3 Å². The molecule has 0 atom stereocenters. The molecule has 0 radical (unpaired) electrons. The molecule has 1 aliphatic heterocycles. The highest BCUT2D eigenvalue weighted by Gasteiger charge is 2.18. The topological polar surface area (TPSA) is 20.3 Å². The van der Waals surface area contributed by atoms with Gasteiger partial charge in [0.15, 0.2) is 5.78 Å². The summed E-state index contributed by atoms with van der Waals surface area (Å²) < 4.78 is 13.2. The Morgan fingerprint density at radius 1 is 0.905 bits per heavy atom. The van der Waals surface area contributed by atoms with Crippen LogP contribution in [-0.4, -0.2) is 25.0 Å². The van der Waals surface area contributed by atoms with E-state index in [2.05, 4.69) is 4.90 Å². The van der Waals surface area contributed by atoms with Crippen LogP contribution in [0.2, 0.25) is 0 Å². The van der Waals surface area contributed by atoms with Gasteiger partial charge in [0.05, 0.1) is 0 Å². The highest BCUT2D eigenvalue weighted by atomic mass is 19.1. The third kappa shape index (κ3) is 3.13. The lowest BCUT2D eigenvalue weighted by molar-refractivity contribution is 0.103. The fourth-order valence-corrected chi connectivity index (χ4v) is 2.69. The molecule has 1 aliphatic rings. The minimum absolute atomic E-state index is 0.0321. The molecule has 2 aromatic carbocycles. The van der Waals surface area contributed by atoms with Gasteiger partial charge in [0.1, 0.15) is 6.17 Å². The summed E-state index contributed by atoms with van der Waals surface area (Å²) in [7, 11) is 0. The maximum absolute atomic E-state index is 13.2. The monoisotopic (exact) mass is 283 g/mol. The largest absolute Gasteiger partial charge is 0.371 e. The second-order valence-corrected chi connectivity index (χ2v) is 5.40. The summed E-state index contributed by atoms with van der Waals surface area (Å²) in [5.74, 6) is 0.0321. The van der Waals surface area contributed by atoms with Crippen LogP contribution in [0.4, 0.5) is 10.1 Å². The highest BCUT2D eigenvalue weighted by Crippen LogP contribution is 2.22. The van der Waals surface area contributed by atoms with E-state index in [9.17, 15) is 9.18 Å². The molecule has 0 spiro atoms. The number of halogens is 1. The Kier molecular flexibility index (Phi) is 4.00. The number of nitrogens with zero attached hydrogens (tertiary/aromatic N) is 1. The van der Waals surface area contributed by atoms with E-state index in [1.54, 1.807) is 0 Å². The van der Waals surface area contributed by atoms with Crippen molar-refractivity contribution >= 4 is 11.5 Å². The second-order valence-electron chi connectivity index (χ2n) is 5.40. The van der Waals surface area contributed by atoms with Crippen LogP contribution in [0.15, 0.2) is 54.6 Å². The number of hydrogen-bond acceptors (Lipinski definition) is 2. The van der Waals surface area contributed by atoms with Gasteiger partial charge in [0.2, 0.25) is 0 Å². The predicted molar refractivity (Wildman–Crippen MR) is 82.7 cm³/mol. The van der Waals surface area contributed by atoms with Gasteiger partial charge < -0.3 is 4.90 Å². The smallest absolute Gasteiger partial charge is 0.193 e. The zero-order valence-corrected chi connectivity index (χ0v) is 11.8. The molecule has 3 rings (SSSR count). The zero-order chi connectivity index (χ0) is 14.7. The standard InChI is InChI=1S/C18H18FNO/c19-16-10-12-20(13-11-16)17-8-6-15(7-9-17)18(21)14-4-2-1-3-5-14/h1-9,16H,10-13H2. The van der Waals surface area contributed by atoms with Gasteiger partial charge in [-0.3, -0.25) is 4.79 Å². The van der Waals surface area contributed by atoms with E-state index in [4.69, 9.17) is 0 Å². The zero-order valence-electron chi connectivity index (χ0n) is 11.8. The van der Waals surface area contributed by atoms with Gasteiger partial charge in [0.25, 0.3) is 0 Å². The summed E-state index contributed by atoms with van der Waals surface area (Å²) in [5.41, 5.74) is 2.44. The minimum atomic E-state index is -0.666. The molecule has 2 aromatic rings. The Hall–Kier alpha value is -2.16. The van der Waals surface area contributed by atoms with Crippen molar-refractivity contribution in [3.63, 3.8) is 0 Å². The van der Waals surface area contributed by atoms with E-state index < -0.39 is 6.17 Å². The molecule has 108 valence electrons. The molecule has 3 heteroatoms. The van der Waals surface area contributed by atoms with E-state index in [0.717, 1.165) is 18.8 Å². The van der Waals surface area contributed by atoms with Crippen molar-refractivity contribution in [2.75, 3.05) is 18.0 Å². The van der Waals surface area contributed by atoms with E-state index in [1.165, 1.54) is 0 Å². The number of hydrogen-bond donors (Lipinski definition) is 0. The van der Waals surface area contributed by atoms with Crippen molar-refractivity contribution in [1.82, 2.24) is 0 Å². The van der Waals surface area contributed by atoms with Crippen molar-refractivity contribution in [2.24, 2.45) is 0 Å². The minimum Gasteiger partial charge on any atom is -0.371 e. The molecule has 0 bridgehead atoms. The van der Waals surface area contributed by atoms with Gasteiger partial charge in [-0.05, 0) is 37.1 Å². The molecule has 0 aromatic heterocycles. The number of anilines is 1. The summed E-state index contributed by atoms with van der Waals surface area (Å²) in [6, 6.07) is 16.9. The third-order valence-electron chi connectivity index (χ3n) is 3.96. The summed E-state index contributed by atoms with van der Waals surface area (Å²) >= 11 is 0. The average Bonchev–Trinajstić information content (AvgIpc) is 2.56. The predicted octanol–water partition coefficient (Wildman–Crippen LogP) is 3.86. The van der Waals surface area contributed by atoms with Crippen LogP contribution in [0.3, 0.4) is 0 Å². The fourth-order valence-electron chi connectivity index (χ4n) is 2.69. The number of piperidine rings is 1. The van der Waals surface area contributed by atoms with Crippen LogP contribution in [0.25, 0.3) is 0 Å². The summed E-state index contributed by atoms with van der Waals surface area (Å²) in [4.78, 5) is 14.5. The molecular formula is C18H18FNO. The first-order chi connectivity index (χ1) is 10.2. The Labute approximate surface area is 124 Å². The van der Waals surface area contributed by atoms with Crippen molar-refractivity contribution < 1.29 is 9.18 Å². The van der Waals surface area contributed by atoms with Gasteiger partial charge in [-0.2, -0.15) is 0 Å². The Morgan fingerprint density at radius 2 is 1.48 bits per heavy atom. The molecule has 0 aliphatic carbocycles. The Morgan fingerprint density at radius 3 is 2.10 bits per heavy atom. The number of rotatable bonds is 3. The first kappa shape index (κ1) is 13.8. The summed E-state index contributed by atoms with van der Waals surface area (Å²) in [5, 5.41) is 0. The van der Waals surface area contributed by atoms with E-state index in [0.29, 0.717) is 24.0 Å². The maximum atomic E-state index is 13.2. The van der Waals surface area contributed by atoms with Crippen LogP contribution in [0.1, 0.15) is 28.8 Å². The van der Waals surface area contributed by atoms with Gasteiger partial charge in [-0.25, -0.2) is 4.39 Å². The maximum Gasteiger partial charge on any atom is 0.193 e. The molecule has 2 nitrogen and oxygen atoms in total. The molecule has 0 N–H and O–H groups in total. The molecule has 1 heterocycles. The number of alkyl halides is 1. The van der Waals surface area contributed by atoms with Gasteiger partial charge in [0, 0.05) is 29.9 Å². The SMILES string of the molecule is O=C(c1ccccc1)c1ccc(N2CCC(F)CC2)cc1. The molecule has 1 saturated heterocycles. The molecule has 21 heavy (non-hydrogen) atoms. The van der Waals surface area contributed by atoms with Crippen LogP contribution in [0.5, 0.6) is 0 Å². The van der Waals surface area contributed by atoms with Crippen molar-refractivity contribution in [3.8, 4) is 0 Å². The number of benzene rings is 2. The number of carbonyl (C=O) groups excluding carboxylic acids is 1. The van der Waals surface area contributed by atoms with E-state index in [-0.39, 0.29) is 5.78 Å². The lowest BCUT2D eigenvalue weighted by Crippen LogP contribution is -2.34. The lowest BCUT2D eigenvalue weighted by atomic mass is 10.0. The first-order valence-corrected chi connectivity index (χ1v) is 7.33. The van der Waals surface area contributed by atoms with E-state index in [1.807, 2.05) is 54.6 Å². The lowest BCUT2D eigenvalue weighted by Gasteiger charge is -2.30. The third-order valence-corrected chi connectivity index (χ3v) is 3.96. The quantitative estimate of drug-likeness (QED) is 0.797. The van der Waals surface area contributed by atoms with Crippen molar-refractivity contribution in [1.29, 1.82) is 0 Å². The van der Waals surface area contributed by atoms with Crippen molar-refractivity contribution in [2.45, 2.75) is 19.0 Å². The molecule has 0 unspecified atom stereocenters. The Balaban J connectivity index is 1.74. The summed E-state index contributed by atoms with van der Waals surface area (Å²) in [6.07, 6.45) is 0.509. The first-order valence-electron chi connectivity index (χ1n) is 7.33. The Bertz CT molecular complexity index is 601. The van der Waals surface area contributed by atoms with Crippen LogP contribution < -0.4 is 4.90 Å². The highest BCUT2D eigenvalue weighted by molar-refractivity contribution is 6.09. The fraction of sp³-hybridized carbons (Fsp3) is 0.278. The molecule has 1 fully saturated rings. The van der Waals surface area contributed by atoms with Gasteiger partial charge in [-0.15, -0.1) is 0 Å². The number of carbonyl (C=O) groups is 1. The second kappa shape index (κ2) is 6.08.